The van der Waals surface area contributed by atoms with Crippen LogP contribution in [0.2, 0.25) is 0 Å². The number of carbonyl (C=O) groups is 1. The fourth-order valence-electron chi connectivity index (χ4n) is 1.79. The van der Waals surface area contributed by atoms with Crippen molar-refractivity contribution in [1.29, 1.82) is 0 Å². The molecule has 0 saturated carbocycles. The number of methoxy groups -OCH3 is 1. The summed E-state index contributed by atoms with van der Waals surface area (Å²) < 4.78 is 42.9. The van der Waals surface area contributed by atoms with Crippen LogP contribution in [0.25, 0.3) is 0 Å². The molecule has 0 aromatic heterocycles. The second kappa shape index (κ2) is 7.26. The van der Waals surface area contributed by atoms with Gasteiger partial charge in [0, 0.05) is 17.1 Å². The van der Waals surface area contributed by atoms with E-state index in [2.05, 4.69) is 20.7 Å². The molecule has 0 N–H and O–H groups in total. The van der Waals surface area contributed by atoms with E-state index < -0.39 is 18.7 Å². The zero-order valence-electron chi connectivity index (χ0n) is 12.0. The largest absolute Gasteiger partial charge is 0.465 e. The van der Waals surface area contributed by atoms with Gasteiger partial charge in [-0.25, -0.2) is 4.79 Å². The molecule has 0 spiro atoms. The molecule has 0 heterocycles. The molecule has 0 amide bonds. The number of benzene rings is 1. The van der Waals surface area contributed by atoms with Crippen LogP contribution in [0.1, 0.15) is 29.8 Å². The van der Waals surface area contributed by atoms with Gasteiger partial charge in [-0.05, 0) is 31.5 Å². The van der Waals surface area contributed by atoms with Gasteiger partial charge in [0.2, 0.25) is 0 Å². The molecule has 1 aromatic rings. The number of rotatable bonds is 5. The summed E-state index contributed by atoms with van der Waals surface area (Å²) in [6, 6.07) is 4.46. The quantitative estimate of drug-likeness (QED) is 0.736. The van der Waals surface area contributed by atoms with Crippen LogP contribution in [0, 0.1) is 0 Å². The van der Waals surface area contributed by atoms with E-state index in [0.717, 1.165) is 0 Å². The van der Waals surface area contributed by atoms with Crippen LogP contribution in [0.4, 0.5) is 13.2 Å². The van der Waals surface area contributed by atoms with Gasteiger partial charge < -0.3 is 4.74 Å². The smallest absolute Gasteiger partial charge is 0.401 e. The Balaban J connectivity index is 2.92. The van der Waals surface area contributed by atoms with E-state index in [1.54, 1.807) is 26.0 Å². The Kier molecular flexibility index (Phi) is 6.22. The molecule has 0 radical (unpaired) electrons. The maximum absolute atomic E-state index is 12.6. The van der Waals surface area contributed by atoms with Crippen molar-refractivity contribution in [3.63, 3.8) is 0 Å². The van der Waals surface area contributed by atoms with Crippen LogP contribution < -0.4 is 0 Å². The molecule has 3 nitrogen and oxygen atoms in total. The fourth-order valence-corrected chi connectivity index (χ4v) is 2.29. The van der Waals surface area contributed by atoms with Gasteiger partial charge in [0.05, 0.1) is 19.2 Å². The van der Waals surface area contributed by atoms with Crippen molar-refractivity contribution < 1.29 is 22.7 Å². The maximum Gasteiger partial charge on any atom is 0.401 e. The number of nitrogens with zero attached hydrogens (tertiary/aromatic N) is 1. The third-order valence-electron chi connectivity index (χ3n) is 2.96. The van der Waals surface area contributed by atoms with Gasteiger partial charge in [-0.15, -0.1) is 0 Å². The maximum atomic E-state index is 12.6. The highest BCUT2D eigenvalue weighted by molar-refractivity contribution is 9.10. The van der Waals surface area contributed by atoms with E-state index in [1.807, 2.05) is 0 Å². The molecule has 0 aliphatic carbocycles. The third kappa shape index (κ3) is 5.67. The minimum Gasteiger partial charge on any atom is -0.465 e. The molecular formula is C14H17BrF3NO2. The lowest BCUT2D eigenvalue weighted by Crippen LogP contribution is -2.38. The number of halogens is 4. The van der Waals surface area contributed by atoms with Crippen molar-refractivity contribution in [2.75, 3.05) is 13.7 Å². The molecule has 118 valence electrons. The molecule has 1 rings (SSSR count). The average Bonchev–Trinajstić information content (AvgIpc) is 2.37. The van der Waals surface area contributed by atoms with Gasteiger partial charge in [0.25, 0.3) is 0 Å². The Morgan fingerprint density at radius 2 is 2.00 bits per heavy atom. The number of hydrogen-bond donors (Lipinski definition) is 0. The number of carbonyl (C=O) groups excluding carboxylic acids is 1. The molecule has 0 unspecified atom stereocenters. The lowest BCUT2D eigenvalue weighted by atomic mass is 10.1. The van der Waals surface area contributed by atoms with Gasteiger partial charge in [-0.2, -0.15) is 13.2 Å². The molecule has 7 heteroatoms. The van der Waals surface area contributed by atoms with Crippen LogP contribution in [-0.4, -0.2) is 36.7 Å². The second-order valence-corrected chi connectivity index (χ2v) is 5.77. The topological polar surface area (TPSA) is 29.5 Å². The van der Waals surface area contributed by atoms with Crippen molar-refractivity contribution in [1.82, 2.24) is 4.90 Å². The molecule has 0 fully saturated rings. The van der Waals surface area contributed by atoms with Crippen LogP contribution in [0.5, 0.6) is 0 Å². The predicted molar refractivity (Wildman–Crippen MR) is 77.1 cm³/mol. The zero-order valence-corrected chi connectivity index (χ0v) is 13.6. The zero-order chi connectivity index (χ0) is 16.2. The number of ether oxygens (including phenoxy) is 1. The standard InChI is InChI=1S/C14H17BrF3NO2/c1-9(2)19(8-14(16,17)18)7-11-5-4-10(6-12(11)15)13(20)21-3/h4-6,9H,7-8H2,1-3H3. The van der Waals surface area contributed by atoms with Gasteiger partial charge in [0.1, 0.15) is 0 Å². The number of esters is 1. The third-order valence-corrected chi connectivity index (χ3v) is 3.70. The van der Waals surface area contributed by atoms with Gasteiger partial charge >= 0.3 is 12.1 Å². The van der Waals surface area contributed by atoms with Crippen molar-refractivity contribution in [2.24, 2.45) is 0 Å². The Bertz CT molecular complexity index is 503. The van der Waals surface area contributed by atoms with Crippen molar-refractivity contribution in [3.05, 3.63) is 33.8 Å². The first-order valence-corrected chi connectivity index (χ1v) is 7.11. The first-order chi connectivity index (χ1) is 9.64. The number of hydrogen-bond acceptors (Lipinski definition) is 3. The lowest BCUT2D eigenvalue weighted by molar-refractivity contribution is -0.150. The predicted octanol–water partition coefficient (Wildman–Crippen LogP) is 4.01. The summed E-state index contributed by atoms with van der Waals surface area (Å²) in [5.74, 6) is -0.488. The minimum atomic E-state index is -4.25. The SMILES string of the molecule is COC(=O)c1ccc(CN(CC(F)(F)F)C(C)C)c(Br)c1. The molecule has 0 bridgehead atoms. The Hall–Kier alpha value is -1.08. The Morgan fingerprint density at radius 3 is 2.43 bits per heavy atom. The normalized spacial score (nSPS) is 12.0. The van der Waals surface area contributed by atoms with Crippen LogP contribution in [0.15, 0.2) is 22.7 Å². The van der Waals surface area contributed by atoms with E-state index in [9.17, 15) is 18.0 Å². The minimum absolute atomic E-state index is 0.138. The van der Waals surface area contributed by atoms with Gasteiger partial charge in [-0.1, -0.05) is 22.0 Å². The lowest BCUT2D eigenvalue weighted by Gasteiger charge is -2.28. The van der Waals surface area contributed by atoms with Crippen molar-refractivity contribution in [2.45, 2.75) is 32.6 Å². The summed E-state index contributed by atoms with van der Waals surface area (Å²) in [5, 5.41) is 0. The molecule has 0 aliphatic rings. The fraction of sp³-hybridized carbons (Fsp3) is 0.500. The highest BCUT2D eigenvalue weighted by Gasteiger charge is 2.32. The van der Waals surface area contributed by atoms with Crippen LogP contribution in [0.3, 0.4) is 0 Å². The van der Waals surface area contributed by atoms with E-state index in [-0.39, 0.29) is 12.6 Å². The van der Waals surface area contributed by atoms with E-state index in [1.165, 1.54) is 18.1 Å². The summed E-state index contributed by atoms with van der Waals surface area (Å²) in [5.41, 5.74) is 1.03. The summed E-state index contributed by atoms with van der Waals surface area (Å²) in [7, 11) is 1.27. The van der Waals surface area contributed by atoms with Crippen LogP contribution >= 0.6 is 15.9 Å². The monoisotopic (exact) mass is 367 g/mol. The summed E-state index contributed by atoms with van der Waals surface area (Å²) in [6.07, 6.45) is -4.25. The molecule has 0 aliphatic heterocycles. The first-order valence-electron chi connectivity index (χ1n) is 6.31. The summed E-state index contributed by atoms with van der Waals surface area (Å²) in [4.78, 5) is 12.7. The number of alkyl halides is 3. The van der Waals surface area contributed by atoms with E-state index in [0.29, 0.717) is 15.6 Å². The van der Waals surface area contributed by atoms with Gasteiger partial charge in [-0.3, -0.25) is 4.90 Å². The molecule has 0 atom stereocenters. The average molecular weight is 368 g/mol. The van der Waals surface area contributed by atoms with Crippen molar-refractivity contribution in [3.8, 4) is 0 Å². The van der Waals surface area contributed by atoms with E-state index in [4.69, 9.17) is 0 Å². The molecule has 0 saturated heterocycles. The summed E-state index contributed by atoms with van der Waals surface area (Å²) in [6.45, 7) is 2.58. The van der Waals surface area contributed by atoms with Crippen molar-refractivity contribution >= 4 is 21.9 Å². The van der Waals surface area contributed by atoms with Crippen LogP contribution in [-0.2, 0) is 11.3 Å². The van der Waals surface area contributed by atoms with E-state index >= 15 is 0 Å². The van der Waals surface area contributed by atoms with Gasteiger partial charge in [0.15, 0.2) is 0 Å². The molecular weight excluding hydrogens is 351 g/mol. The summed E-state index contributed by atoms with van der Waals surface area (Å²) >= 11 is 3.29. The molecule has 21 heavy (non-hydrogen) atoms. The second-order valence-electron chi connectivity index (χ2n) is 4.91. The first kappa shape index (κ1) is 18.0. The Labute approximate surface area is 130 Å². The highest BCUT2D eigenvalue weighted by Crippen LogP contribution is 2.24. The highest BCUT2D eigenvalue weighted by atomic mass is 79.9. The Morgan fingerprint density at radius 1 is 1.38 bits per heavy atom. The molecule has 1 aromatic carbocycles.